The predicted molar refractivity (Wildman–Crippen MR) is 48.6 cm³/mol. The summed E-state index contributed by atoms with van der Waals surface area (Å²) in [5.74, 6) is 0. The van der Waals surface area contributed by atoms with Crippen LogP contribution in [0.1, 0.15) is 0 Å². The van der Waals surface area contributed by atoms with Gasteiger partial charge < -0.3 is 5.21 Å². The van der Waals surface area contributed by atoms with Crippen LogP contribution in [-0.4, -0.2) is 5.10 Å². The summed E-state index contributed by atoms with van der Waals surface area (Å²) in [4.78, 5) is 0.558. The SMILES string of the molecule is [O-][n+]1cccc(-c2ccccc2)n1. The highest BCUT2D eigenvalue weighted by molar-refractivity contribution is 5.57. The van der Waals surface area contributed by atoms with E-state index in [-0.39, 0.29) is 0 Å². The van der Waals surface area contributed by atoms with Crippen molar-refractivity contribution in [2.45, 2.75) is 0 Å². The first kappa shape index (κ1) is 7.73. The van der Waals surface area contributed by atoms with Gasteiger partial charge in [0.2, 0.25) is 6.20 Å². The van der Waals surface area contributed by atoms with Crippen LogP contribution in [0.25, 0.3) is 11.3 Å². The minimum Gasteiger partial charge on any atom is -0.594 e. The third-order valence-electron chi connectivity index (χ3n) is 1.74. The van der Waals surface area contributed by atoms with Crippen molar-refractivity contribution in [3.8, 4) is 11.3 Å². The van der Waals surface area contributed by atoms with Gasteiger partial charge in [0.05, 0.1) is 0 Å². The van der Waals surface area contributed by atoms with E-state index in [0.717, 1.165) is 5.56 Å². The summed E-state index contributed by atoms with van der Waals surface area (Å²) in [6.07, 6.45) is 1.37. The van der Waals surface area contributed by atoms with Gasteiger partial charge in [-0.15, -0.1) is 0 Å². The Kier molecular flexibility index (Phi) is 1.92. The molecule has 0 saturated carbocycles. The minimum absolute atomic E-state index is 0.558. The average molecular weight is 172 g/mol. The van der Waals surface area contributed by atoms with Crippen LogP contribution in [0.2, 0.25) is 0 Å². The van der Waals surface area contributed by atoms with Gasteiger partial charge in [-0.2, -0.15) is 0 Å². The lowest BCUT2D eigenvalue weighted by Gasteiger charge is -1.97. The normalized spacial score (nSPS) is 9.85. The Bertz CT molecular complexity index is 401. The summed E-state index contributed by atoms with van der Waals surface area (Å²) < 4.78 is 0. The van der Waals surface area contributed by atoms with Crippen molar-refractivity contribution in [1.29, 1.82) is 0 Å². The van der Waals surface area contributed by atoms with E-state index in [1.54, 1.807) is 6.07 Å². The molecule has 0 amide bonds. The van der Waals surface area contributed by atoms with Gasteiger partial charge in [-0.05, 0) is 6.07 Å². The molecular weight excluding hydrogens is 164 g/mol. The average Bonchev–Trinajstić information content (AvgIpc) is 2.19. The Morgan fingerprint density at radius 3 is 2.46 bits per heavy atom. The van der Waals surface area contributed by atoms with E-state index in [1.165, 1.54) is 6.20 Å². The zero-order chi connectivity index (χ0) is 9.10. The molecule has 0 N–H and O–H groups in total. The second kappa shape index (κ2) is 3.23. The molecule has 0 aliphatic heterocycles. The molecular formula is C10H8N2O. The molecule has 0 saturated heterocycles. The molecule has 0 fully saturated rings. The number of nitrogens with zero attached hydrogens (tertiary/aromatic N) is 2. The van der Waals surface area contributed by atoms with E-state index in [1.807, 2.05) is 36.4 Å². The van der Waals surface area contributed by atoms with Crippen LogP contribution in [0.4, 0.5) is 0 Å². The molecule has 0 aliphatic rings. The standard InChI is InChI=1S/C10H8N2O/c13-12-8-4-7-10(11-12)9-5-2-1-3-6-9/h1-8H. The molecule has 0 radical (unpaired) electrons. The fourth-order valence-electron chi connectivity index (χ4n) is 1.14. The number of rotatable bonds is 1. The van der Waals surface area contributed by atoms with E-state index in [0.29, 0.717) is 10.5 Å². The maximum atomic E-state index is 10.9. The predicted octanol–water partition coefficient (Wildman–Crippen LogP) is 1.38. The van der Waals surface area contributed by atoms with E-state index in [9.17, 15) is 5.21 Å². The Labute approximate surface area is 75.9 Å². The van der Waals surface area contributed by atoms with Gasteiger partial charge in [0.25, 0.3) is 0 Å². The van der Waals surface area contributed by atoms with Crippen LogP contribution in [0.15, 0.2) is 48.7 Å². The summed E-state index contributed by atoms with van der Waals surface area (Å²) in [6.45, 7) is 0. The summed E-state index contributed by atoms with van der Waals surface area (Å²) in [5, 5.41) is 14.7. The van der Waals surface area contributed by atoms with Gasteiger partial charge in [0.1, 0.15) is 5.69 Å². The highest BCUT2D eigenvalue weighted by Crippen LogP contribution is 2.13. The van der Waals surface area contributed by atoms with Crippen molar-refractivity contribution in [2.75, 3.05) is 0 Å². The molecule has 1 aromatic carbocycles. The highest BCUT2D eigenvalue weighted by atomic mass is 16.5. The fourth-order valence-corrected chi connectivity index (χ4v) is 1.14. The van der Waals surface area contributed by atoms with Crippen LogP contribution >= 0.6 is 0 Å². The molecule has 3 heteroatoms. The lowest BCUT2D eigenvalue weighted by molar-refractivity contribution is -0.668. The number of hydrogen-bond donors (Lipinski definition) is 0. The first-order chi connectivity index (χ1) is 6.36. The van der Waals surface area contributed by atoms with Crippen LogP contribution in [-0.2, 0) is 0 Å². The summed E-state index contributed by atoms with van der Waals surface area (Å²) >= 11 is 0. The summed E-state index contributed by atoms with van der Waals surface area (Å²) in [6, 6.07) is 13.1. The van der Waals surface area contributed by atoms with Crippen LogP contribution in [0.5, 0.6) is 0 Å². The monoisotopic (exact) mass is 172 g/mol. The Hall–Kier alpha value is -1.90. The molecule has 2 rings (SSSR count). The Morgan fingerprint density at radius 1 is 1.00 bits per heavy atom. The van der Waals surface area contributed by atoms with E-state index in [2.05, 4.69) is 5.10 Å². The van der Waals surface area contributed by atoms with E-state index < -0.39 is 0 Å². The van der Waals surface area contributed by atoms with Crippen molar-refractivity contribution in [3.63, 3.8) is 0 Å². The van der Waals surface area contributed by atoms with Gasteiger partial charge in [-0.3, -0.25) is 0 Å². The molecule has 0 atom stereocenters. The molecule has 0 unspecified atom stereocenters. The molecule has 64 valence electrons. The van der Waals surface area contributed by atoms with Gasteiger partial charge in [-0.25, -0.2) is 0 Å². The zero-order valence-corrected chi connectivity index (χ0v) is 6.92. The first-order valence-electron chi connectivity index (χ1n) is 3.98. The van der Waals surface area contributed by atoms with Crippen molar-refractivity contribution in [2.24, 2.45) is 0 Å². The second-order valence-corrected chi connectivity index (χ2v) is 2.66. The van der Waals surface area contributed by atoms with Crippen LogP contribution in [0, 0.1) is 5.21 Å². The molecule has 0 aliphatic carbocycles. The lowest BCUT2D eigenvalue weighted by atomic mass is 10.1. The largest absolute Gasteiger partial charge is 0.594 e. The quantitative estimate of drug-likeness (QED) is 0.481. The lowest BCUT2D eigenvalue weighted by Crippen LogP contribution is -2.30. The highest BCUT2D eigenvalue weighted by Gasteiger charge is 2.00. The number of benzene rings is 1. The van der Waals surface area contributed by atoms with Gasteiger partial charge in [0.15, 0.2) is 0 Å². The molecule has 0 bridgehead atoms. The third-order valence-corrected chi connectivity index (χ3v) is 1.74. The molecule has 1 aromatic heterocycles. The van der Waals surface area contributed by atoms with Gasteiger partial charge >= 0.3 is 0 Å². The van der Waals surface area contributed by atoms with Crippen molar-refractivity contribution in [1.82, 2.24) is 5.10 Å². The van der Waals surface area contributed by atoms with Gasteiger partial charge in [-0.1, -0.05) is 35.2 Å². The van der Waals surface area contributed by atoms with Crippen molar-refractivity contribution >= 4 is 0 Å². The van der Waals surface area contributed by atoms with Crippen LogP contribution < -0.4 is 4.85 Å². The second-order valence-electron chi connectivity index (χ2n) is 2.66. The maximum Gasteiger partial charge on any atom is 0.209 e. The number of hydrogen-bond acceptors (Lipinski definition) is 2. The fraction of sp³-hybridized carbons (Fsp3) is 0. The molecule has 2 aromatic rings. The zero-order valence-electron chi connectivity index (χ0n) is 6.92. The Balaban J connectivity index is 2.48. The Morgan fingerprint density at radius 2 is 1.77 bits per heavy atom. The maximum absolute atomic E-state index is 10.9. The number of aromatic nitrogens is 2. The topological polar surface area (TPSA) is 39.8 Å². The van der Waals surface area contributed by atoms with Crippen molar-refractivity contribution < 1.29 is 4.85 Å². The van der Waals surface area contributed by atoms with Crippen molar-refractivity contribution in [3.05, 3.63) is 53.9 Å². The third kappa shape index (κ3) is 1.64. The minimum atomic E-state index is 0.558. The van der Waals surface area contributed by atoms with E-state index in [4.69, 9.17) is 0 Å². The van der Waals surface area contributed by atoms with Gasteiger partial charge in [0, 0.05) is 16.7 Å². The first-order valence-corrected chi connectivity index (χ1v) is 3.98. The smallest absolute Gasteiger partial charge is 0.209 e. The van der Waals surface area contributed by atoms with Crippen LogP contribution in [0.3, 0.4) is 0 Å². The molecule has 1 heterocycles. The molecule has 13 heavy (non-hydrogen) atoms. The molecule has 3 nitrogen and oxygen atoms in total. The summed E-state index contributed by atoms with van der Waals surface area (Å²) in [7, 11) is 0. The van der Waals surface area contributed by atoms with E-state index >= 15 is 0 Å². The summed E-state index contributed by atoms with van der Waals surface area (Å²) in [5.41, 5.74) is 1.64. The molecule has 0 spiro atoms.